The lowest BCUT2D eigenvalue weighted by Gasteiger charge is -2.35. The molecule has 0 aliphatic rings. The van der Waals surface area contributed by atoms with Gasteiger partial charge in [-0.2, -0.15) is 0 Å². The first-order chi connectivity index (χ1) is 14.1. The molecule has 0 atom stereocenters. The molecule has 30 heavy (non-hydrogen) atoms. The molecule has 0 aromatic carbocycles. The Balaban J connectivity index is 2.30. The molecule has 0 fully saturated rings. The number of nitrogens with zero attached hydrogens (tertiary/aromatic N) is 1. The highest BCUT2D eigenvalue weighted by molar-refractivity contribution is 7.15. The molecule has 1 N–H and O–H groups in total. The molecule has 0 unspecified atom stereocenters. The van der Waals surface area contributed by atoms with Gasteiger partial charge in [0, 0.05) is 15.4 Å². The van der Waals surface area contributed by atoms with Crippen molar-refractivity contribution in [3.8, 4) is 10.4 Å². The van der Waals surface area contributed by atoms with E-state index in [1.54, 1.807) is 24.3 Å². The molecule has 0 bridgehead atoms. The number of carbonyl (C=O) groups excluding carboxylic acids is 1. The summed E-state index contributed by atoms with van der Waals surface area (Å²) >= 11 is 1.59. The average molecular weight is 452 g/mol. The van der Waals surface area contributed by atoms with Crippen LogP contribution in [0.1, 0.15) is 55.2 Å². The Labute approximate surface area is 184 Å². The maximum Gasteiger partial charge on any atom is 0.356 e. The number of pyridine rings is 1. The van der Waals surface area contributed by atoms with Crippen molar-refractivity contribution < 1.29 is 24.1 Å². The molecule has 0 aliphatic heterocycles. The maximum atomic E-state index is 12.4. The van der Waals surface area contributed by atoms with Gasteiger partial charge in [0.05, 0.1) is 13.2 Å². The summed E-state index contributed by atoms with van der Waals surface area (Å²) < 4.78 is 5.18. The van der Waals surface area contributed by atoms with Gasteiger partial charge in [0.25, 0.3) is 0 Å². The van der Waals surface area contributed by atoms with Gasteiger partial charge in [0.1, 0.15) is 12.3 Å². The fourth-order valence-electron chi connectivity index (χ4n) is 2.71. The zero-order valence-electron chi connectivity index (χ0n) is 18.8. The number of thiophene rings is 1. The number of aromatic nitrogens is 1. The van der Waals surface area contributed by atoms with Crippen molar-refractivity contribution in [2.75, 3.05) is 13.2 Å². The van der Waals surface area contributed by atoms with Crippen LogP contribution >= 0.6 is 11.3 Å². The molecule has 6 nitrogen and oxygen atoms in total. The molecule has 2 aromatic rings. The van der Waals surface area contributed by atoms with E-state index >= 15 is 0 Å². The Kier molecular flexibility index (Phi) is 8.75. The molecule has 166 valence electrons. The van der Waals surface area contributed by atoms with Crippen LogP contribution in [0.4, 0.5) is 0 Å². The topological polar surface area (TPSA) is 77.9 Å². The minimum Gasteiger partial charge on any atom is -0.461 e. The summed E-state index contributed by atoms with van der Waals surface area (Å²) in [7, 11) is -2.32. The molecule has 2 aromatic heterocycles. The summed E-state index contributed by atoms with van der Waals surface area (Å²) in [6.45, 7) is 12.9. The number of hydrogen-bond donors (Lipinski definition) is 1. The highest BCUT2D eigenvalue weighted by Crippen LogP contribution is 2.40. The smallest absolute Gasteiger partial charge is 0.356 e. The molecule has 0 amide bonds. The van der Waals surface area contributed by atoms with Crippen molar-refractivity contribution in [2.24, 2.45) is 0 Å². The molecular formula is C22H33NO5SSi. The first kappa shape index (κ1) is 24.7. The van der Waals surface area contributed by atoms with E-state index in [-0.39, 0.29) is 5.04 Å². The van der Waals surface area contributed by atoms with Crippen molar-refractivity contribution in [3.05, 3.63) is 40.5 Å². The minimum absolute atomic E-state index is 0.165. The number of esters is 1. The van der Waals surface area contributed by atoms with Crippen molar-refractivity contribution in [3.63, 3.8) is 0 Å². The summed E-state index contributed by atoms with van der Waals surface area (Å²) in [4.78, 5) is 39.7. The molecule has 0 saturated heterocycles. The standard InChI is InChI=1S/C22H33NO5SSi/c1-7-26-21(24)19-14-16(20-10-9-18(29-20)15-28-27-8-2)13-17(23-19)11-12-22(3,4)30(5,6)25/h9-10,13-14,25H,7-8,11-12,15H2,1-6H3. The van der Waals surface area contributed by atoms with E-state index in [2.05, 4.69) is 18.8 Å². The summed E-state index contributed by atoms with van der Waals surface area (Å²) in [5, 5.41) is -0.165. The van der Waals surface area contributed by atoms with Gasteiger partial charge < -0.3 is 9.53 Å². The lowest BCUT2D eigenvalue weighted by atomic mass is 10.0. The molecule has 2 rings (SSSR count). The molecule has 8 heteroatoms. The normalized spacial score (nSPS) is 12.2. The molecule has 0 spiro atoms. The van der Waals surface area contributed by atoms with Crippen molar-refractivity contribution in [1.82, 2.24) is 4.98 Å². The molecule has 0 saturated carbocycles. The lowest BCUT2D eigenvalue weighted by molar-refractivity contribution is -0.300. The Hall–Kier alpha value is -1.58. The van der Waals surface area contributed by atoms with Crippen LogP contribution in [0, 0.1) is 0 Å². The van der Waals surface area contributed by atoms with E-state index in [1.807, 2.05) is 38.2 Å². The van der Waals surface area contributed by atoms with Gasteiger partial charge in [-0.3, -0.25) is 0 Å². The number of hydrogen-bond acceptors (Lipinski definition) is 7. The Morgan fingerprint density at radius 3 is 2.53 bits per heavy atom. The summed E-state index contributed by atoms with van der Waals surface area (Å²) in [6, 6.07) is 7.79. The van der Waals surface area contributed by atoms with E-state index in [1.165, 1.54) is 0 Å². The molecule has 2 heterocycles. The quantitative estimate of drug-likeness (QED) is 0.163. The number of rotatable bonds is 11. The van der Waals surface area contributed by atoms with E-state index in [0.29, 0.717) is 31.9 Å². The highest BCUT2D eigenvalue weighted by Gasteiger charge is 2.37. The first-order valence-corrected chi connectivity index (χ1v) is 14.1. The van der Waals surface area contributed by atoms with Crippen molar-refractivity contribution >= 4 is 25.6 Å². The Bertz CT molecular complexity index is 844. The van der Waals surface area contributed by atoms with Gasteiger partial charge >= 0.3 is 5.97 Å². The third-order valence-electron chi connectivity index (χ3n) is 5.37. The number of ether oxygens (including phenoxy) is 1. The number of carbonyl (C=O) groups is 1. The van der Waals surface area contributed by atoms with Gasteiger partial charge in [0.2, 0.25) is 0 Å². The van der Waals surface area contributed by atoms with E-state index in [9.17, 15) is 9.59 Å². The second kappa shape index (κ2) is 10.6. The third-order valence-corrected chi connectivity index (χ3v) is 10.0. The second-order valence-electron chi connectivity index (χ2n) is 8.33. The van der Waals surface area contributed by atoms with E-state index < -0.39 is 14.3 Å². The molecular weight excluding hydrogens is 418 g/mol. The summed E-state index contributed by atoms with van der Waals surface area (Å²) in [5.41, 5.74) is 2.06. The predicted octanol–water partition coefficient (Wildman–Crippen LogP) is 5.37. The largest absolute Gasteiger partial charge is 0.461 e. The van der Waals surface area contributed by atoms with Gasteiger partial charge in [-0.15, -0.1) is 11.3 Å². The summed E-state index contributed by atoms with van der Waals surface area (Å²) in [6.07, 6.45) is 1.47. The SMILES string of the molecule is CCOOCc1ccc(-c2cc(CCC(C)(C)[Si](C)(C)O)nc(C(=O)OCC)c2)s1. The van der Waals surface area contributed by atoms with Gasteiger partial charge in [0.15, 0.2) is 8.32 Å². The van der Waals surface area contributed by atoms with Crippen LogP contribution in [0.3, 0.4) is 0 Å². The Morgan fingerprint density at radius 2 is 1.90 bits per heavy atom. The van der Waals surface area contributed by atoms with Crippen LogP contribution in [0.25, 0.3) is 10.4 Å². The fraction of sp³-hybridized carbons (Fsp3) is 0.545. The molecule has 0 aliphatic carbocycles. The number of aryl methyl sites for hydroxylation is 1. The van der Waals surface area contributed by atoms with Crippen molar-refractivity contribution in [1.29, 1.82) is 0 Å². The van der Waals surface area contributed by atoms with Crippen LogP contribution in [0.2, 0.25) is 18.1 Å². The third kappa shape index (κ3) is 6.71. The molecule has 0 radical (unpaired) electrons. The predicted molar refractivity (Wildman–Crippen MR) is 122 cm³/mol. The maximum absolute atomic E-state index is 12.4. The highest BCUT2D eigenvalue weighted by atomic mass is 32.1. The van der Waals surface area contributed by atoms with Crippen LogP contribution in [-0.2, 0) is 27.5 Å². The van der Waals surface area contributed by atoms with Gasteiger partial charge in [-0.25, -0.2) is 19.6 Å². The van der Waals surface area contributed by atoms with E-state index in [0.717, 1.165) is 27.4 Å². The van der Waals surface area contributed by atoms with Gasteiger partial charge in [-0.05, 0) is 74.7 Å². The van der Waals surface area contributed by atoms with E-state index in [4.69, 9.17) is 14.5 Å². The monoisotopic (exact) mass is 451 g/mol. The Morgan fingerprint density at radius 1 is 1.17 bits per heavy atom. The van der Waals surface area contributed by atoms with Crippen LogP contribution in [0.15, 0.2) is 24.3 Å². The first-order valence-electron chi connectivity index (χ1n) is 10.3. The van der Waals surface area contributed by atoms with Gasteiger partial charge in [-0.1, -0.05) is 13.8 Å². The lowest BCUT2D eigenvalue weighted by Crippen LogP contribution is -2.39. The van der Waals surface area contributed by atoms with Crippen LogP contribution in [-0.4, -0.2) is 37.3 Å². The van der Waals surface area contributed by atoms with Crippen LogP contribution < -0.4 is 0 Å². The zero-order valence-corrected chi connectivity index (χ0v) is 20.6. The second-order valence-corrected chi connectivity index (χ2v) is 14.0. The zero-order chi connectivity index (χ0) is 22.4. The minimum atomic E-state index is -2.32. The van der Waals surface area contributed by atoms with Crippen LogP contribution in [0.5, 0.6) is 0 Å². The average Bonchev–Trinajstić information content (AvgIpc) is 3.15. The summed E-state index contributed by atoms with van der Waals surface area (Å²) in [5.74, 6) is -0.423. The fourth-order valence-corrected chi connectivity index (χ4v) is 4.34. The van der Waals surface area contributed by atoms with Crippen molar-refractivity contribution in [2.45, 2.75) is 65.3 Å².